The van der Waals surface area contributed by atoms with Crippen molar-refractivity contribution < 1.29 is 0 Å². The van der Waals surface area contributed by atoms with Gasteiger partial charge in [0.25, 0.3) is 0 Å². The van der Waals surface area contributed by atoms with Gasteiger partial charge in [0.1, 0.15) is 0 Å². The highest BCUT2D eigenvalue weighted by Crippen LogP contribution is 2.27. The summed E-state index contributed by atoms with van der Waals surface area (Å²) >= 11 is 5.38. The van der Waals surface area contributed by atoms with Gasteiger partial charge in [-0.2, -0.15) is 0 Å². The molecular formula is C14H16BrNS. The minimum atomic E-state index is 0.888. The second-order valence-electron chi connectivity index (χ2n) is 4.27. The number of aryl methyl sites for hydroxylation is 3. The molecule has 0 fully saturated rings. The molecule has 1 aromatic carbocycles. The molecule has 2 aromatic rings. The monoisotopic (exact) mass is 309 g/mol. The third-order valence-corrected chi connectivity index (χ3v) is 5.02. The molecule has 0 atom stereocenters. The number of anilines is 1. The molecular weight excluding hydrogens is 294 g/mol. The van der Waals surface area contributed by atoms with E-state index < -0.39 is 0 Å². The van der Waals surface area contributed by atoms with Crippen LogP contribution in [0.15, 0.2) is 28.7 Å². The Morgan fingerprint density at radius 3 is 2.47 bits per heavy atom. The van der Waals surface area contributed by atoms with Crippen molar-refractivity contribution >= 4 is 33.0 Å². The summed E-state index contributed by atoms with van der Waals surface area (Å²) in [5.74, 6) is 0. The first-order valence-electron chi connectivity index (χ1n) is 5.62. The van der Waals surface area contributed by atoms with Gasteiger partial charge in [-0.05, 0) is 66.0 Å². The Hall–Kier alpha value is -0.800. The minimum absolute atomic E-state index is 0.888. The number of hydrogen-bond donors (Lipinski definition) is 1. The molecule has 0 radical (unpaired) electrons. The number of nitrogens with one attached hydrogen (secondary N) is 1. The molecule has 2 rings (SSSR count). The zero-order chi connectivity index (χ0) is 12.4. The van der Waals surface area contributed by atoms with Gasteiger partial charge in [0.15, 0.2) is 0 Å². The Morgan fingerprint density at radius 2 is 1.88 bits per heavy atom. The van der Waals surface area contributed by atoms with Crippen LogP contribution in [-0.2, 0) is 6.54 Å². The molecule has 1 aromatic heterocycles. The van der Waals surface area contributed by atoms with Crippen LogP contribution in [-0.4, -0.2) is 0 Å². The zero-order valence-corrected chi connectivity index (χ0v) is 12.7. The summed E-state index contributed by atoms with van der Waals surface area (Å²) in [4.78, 5) is 2.69. The lowest BCUT2D eigenvalue weighted by Crippen LogP contribution is -1.97. The molecule has 0 unspecified atom stereocenters. The quantitative estimate of drug-likeness (QED) is 0.836. The van der Waals surface area contributed by atoms with Gasteiger partial charge >= 0.3 is 0 Å². The topological polar surface area (TPSA) is 12.0 Å². The van der Waals surface area contributed by atoms with Gasteiger partial charge in [-0.15, -0.1) is 11.3 Å². The number of benzene rings is 1. The average Bonchev–Trinajstić information content (AvgIpc) is 2.60. The van der Waals surface area contributed by atoms with Crippen molar-refractivity contribution in [2.24, 2.45) is 0 Å². The van der Waals surface area contributed by atoms with Gasteiger partial charge in [-0.25, -0.2) is 0 Å². The second-order valence-corrected chi connectivity index (χ2v) is 6.46. The number of thiophene rings is 1. The first-order valence-corrected chi connectivity index (χ1v) is 7.23. The highest BCUT2D eigenvalue weighted by molar-refractivity contribution is 9.10. The SMILES string of the molecule is Cc1ccc(NCc2cc(Br)c(C)s2)cc1C. The van der Waals surface area contributed by atoms with E-state index in [4.69, 9.17) is 0 Å². The molecule has 0 saturated carbocycles. The Bertz CT molecular complexity index is 512. The van der Waals surface area contributed by atoms with Crippen molar-refractivity contribution in [2.45, 2.75) is 27.3 Å². The lowest BCUT2D eigenvalue weighted by atomic mass is 10.1. The normalized spacial score (nSPS) is 10.6. The molecule has 90 valence electrons. The summed E-state index contributed by atoms with van der Waals surface area (Å²) in [6.45, 7) is 7.30. The summed E-state index contributed by atoms with van der Waals surface area (Å²) in [7, 11) is 0. The Morgan fingerprint density at radius 1 is 1.12 bits per heavy atom. The predicted octanol–water partition coefficient (Wildman–Crippen LogP) is 5.05. The summed E-state index contributed by atoms with van der Waals surface area (Å²) in [5.41, 5.74) is 3.86. The molecule has 0 amide bonds. The summed E-state index contributed by atoms with van der Waals surface area (Å²) in [5, 5.41) is 3.46. The van der Waals surface area contributed by atoms with Crippen LogP contribution in [0.4, 0.5) is 5.69 Å². The molecule has 0 aliphatic carbocycles. The number of rotatable bonds is 3. The van der Waals surface area contributed by atoms with E-state index in [2.05, 4.69) is 66.3 Å². The third-order valence-electron chi connectivity index (χ3n) is 2.88. The predicted molar refractivity (Wildman–Crippen MR) is 80.0 cm³/mol. The molecule has 0 saturated heterocycles. The Labute approximate surface area is 115 Å². The zero-order valence-electron chi connectivity index (χ0n) is 10.3. The standard InChI is InChI=1S/C14H16BrNS/c1-9-4-5-12(6-10(9)2)16-8-13-7-14(15)11(3)17-13/h4-7,16H,8H2,1-3H3. The molecule has 1 heterocycles. The van der Waals surface area contributed by atoms with E-state index in [9.17, 15) is 0 Å². The fourth-order valence-corrected chi connectivity index (χ4v) is 3.19. The van der Waals surface area contributed by atoms with Gasteiger partial charge in [0.2, 0.25) is 0 Å². The van der Waals surface area contributed by atoms with Crippen LogP contribution in [0.1, 0.15) is 20.9 Å². The fourth-order valence-electron chi connectivity index (χ4n) is 1.65. The molecule has 1 N–H and O–H groups in total. The van der Waals surface area contributed by atoms with Crippen LogP contribution < -0.4 is 5.32 Å². The van der Waals surface area contributed by atoms with Gasteiger partial charge in [0, 0.05) is 26.5 Å². The van der Waals surface area contributed by atoms with Crippen molar-refractivity contribution in [2.75, 3.05) is 5.32 Å². The first kappa shape index (κ1) is 12.7. The van der Waals surface area contributed by atoms with E-state index in [0.29, 0.717) is 0 Å². The maximum atomic E-state index is 3.55. The first-order chi connectivity index (χ1) is 8.06. The van der Waals surface area contributed by atoms with Gasteiger partial charge in [0.05, 0.1) is 0 Å². The summed E-state index contributed by atoms with van der Waals surface area (Å²) < 4.78 is 1.21. The molecule has 0 aliphatic heterocycles. The van der Waals surface area contributed by atoms with Gasteiger partial charge in [-0.1, -0.05) is 6.07 Å². The van der Waals surface area contributed by atoms with Crippen LogP contribution in [0.5, 0.6) is 0 Å². The van der Waals surface area contributed by atoms with Crippen LogP contribution in [0.25, 0.3) is 0 Å². The van der Waals surface area contributed by atoms with Crippen molar-refractivity contribution in [3.8, 4) is 0 Å². The smallest absolute Gasteiger partial charge is 0.0494 e. The van der Waals surface area contributed by atoms with Crippen molar-refractivity contribution in [1.29, 1.82) is 0 Å². The van der Waals surface area contributed by atoms with Crippen LogP contribution in [0.2, 0.25) is 0 Å². The van der Waals surface area contributed by atoms with Crippen LogP contribution >= 0.6 is 27.3 Å². The van der Waals surface area contributed by atoms with E-state index in [0.717, 1.165) is 6.54 Å². The minimum Gasteiger partial charge on any atom is -0.380 e. The maximum Gasteiger partial charge on any atom is 0.0494 e. The van der Waals surface area contributed by atoms with E-state index in [1.165, 1.54) is 31.0 Å². The highest BCUT2D eigenvalue weighted by atomic mass is 79.9. The highest BCUT2D eigenvalue weighted by Gasteiger charge is 2.02. The lowest BCUT2D eigenvalue weighted by molar-refractivity contribution is 1.18. The van der Waals surface area contributed by atoms with Crippen molar-refractivity contribution in [3.63, 3.8) is 0 Å². The molecule has 1 nitrogen and oxygen atoms in total. The van der Waals surface area contributed by atoms with Gasteiger partial charge < -0.3 is 5.32 Å². The average molecular weight is 310 g/mol. The van der Waals surface area contributed by atoms with Crippen molar-refractivity contribution in [3.05, 3.63) is 49.6 Å². The Balaban J connectivity index is 2.04. The largest absolute Gasteiger partial charge is 0.380 e. The van der Waals surface area contributed by atoms with E-state index in [1.807, 2.05) is 11.3 Å². The number of halogens is 1. The number of hydrogen-bond acceptors (Lipinski definition) is 2. The fraction of sp³-hybridized carbons (Fsp3) is 0.286. The molecule has 3 heteroatoms. The second kappa shape index (κ2) is 5.23. The molecule has 0 bridgehead atoms. The van der Waals surface area contributed by atoms with Crippen molar-refractivity contribution in [1.82, 2.24) is 0 Å². The van der Waals surface area contributed by atoms with E-state index >= 15 is 0 Å². The van der Waals surface area contributed by atoms with Crippen LogP contribution in [0.3, 0.4) is 0 Å². The summed E-state index contributed by atoms with van der Waals surface area (Å²) in [6.07, 6.45) is 0. The Kier molecular flexibility index (Phi) is 3.89. The summed E-state index contributed by atoms with van der Waals surface area (Å²) in [6, 6.07) is 8.68. The lowest BCUT2D eigenvalue weighted by Gasteiger charge is -2.07. The molecule has 17 heavy (non-hydrogen) atoms. The maximum absolute atomic E-state index is 3.55. The van der Waals surface area contributed by atoms with E-state index in [1.54, 1.807) is 0 Å². The van der Waals surface area contributed by atoms with Gasteiger partial charge in [-0.3, -0.25) is 0 Å². The van der Waals surface area contributed by atoms with E-state index in [-0.39, 0.29) is 0 Å². The third kappa shape index (κ3) is 3.11. The van der Waals surface area contributed by atoms with Crippen LogP contribution in [0, 0.1) is 20.8 Å². The molecule has 0 spiro atoms. The molecule has 0 aliphatic rings.